The first-order valence-electron chi connectivity index (χ1n) is 6.81. The van der Waals surface area contributed by atoms with E-state index in [2.05, 4.69) is 53.6 Å². The molecule has 0 saturated heterocycles. The Morgan fingerprint density at radius 1 is 0.895 bits per heavy atom. The third-order valence-electron chi connectivity index (χ3n) is 2.95. The monoisotopic (exact) mass is 249 g/mol. The Morgan fingerprint density at radius 2 is 1.68 bits per heavy atom. The van der Waals surface area contributed by atoms with Crippen LogP contribution in [-0.2, 0) is 0 Å². The zero-order chi connectivity index (χ0) is 13.5. The van der Waals surface area contributed by atoms with E-state index in [4.69, 9.17) is 0 Å². The summed E-state index contributed by atoms with van der Waals surface area (Å²) in [6.07, 6.45) is 13.5. The first-order valence-corrected chi connectivity index (χ1v) is 6.81. The van der Waals surface area contributed by atoms with Gasteiger partial charge in [0.1, 0.15) is 0 Å². The number of hydrogen-bond donors (Lipinski definition) is 0. The molecule has 1 aromatic carbocycles. The van der Waals surface area contributed by atoms with Gasteiger partial charge in [-0.1, -0.05) is 56.4 Å². The smallest absolute Gasteiger partial charge is 0.0346 e. The van der Waals surface area contributed by atoms with Crippen molar-refractivity contribution >= 4 is 12.2 Å². The van der Waals surface area contributed by atoms with Crippen LogP contribution in [0.2, 0.25) is 0 Å². The van der Waals surface area contributed by atoms with Crippen LogP contribution >= 0.6 is 0 Å². The minimum atomic E-state index is 1.01. The number of hydrogen-bond acceptors (Lipinski definition) is 1. The lowest BCUT2D eigenvalue weighted by Gasteiger charge is -2.05. The first-order chi connectivity index (χ1) is 9.43. The summed E-state index contributed by atoms with van der Waals surface area (Å²) in [5.74, 6) is 0. The standard InChI is InChI=1S/C16H13N.C2H6/c1-2-5-13-8-9-15(11-14(13)6-3-1)16-7-4-10-17-12-16;1-2/h2-12H,1H2;1-2H3. The van der Waals surface area contributed by atoms with Crippen molar-refractivity contribution in [2.24, 2.45) is 0 Å². The predicted molar refractivity (Wildman–Crippen MR) is 83.7 cm³/mol. The maximum Gasteiger partial charge on any atom is 0.0346 e. The summed E-state index contributed by atoms with van der Waals surface area (Å²) in [6.45, 7) is 4.00. The third kappa shape index (κ3) is 3.19. The van der Waals surface area contributed by atoms with Crippen molar-refractivity contribution in [1.82, 2.24) is 4.98 Å². The van der Waals surface area contributed by atoms with Crippen LogP contribution in [0.15, 0.2) is 54.9 Å². The molecule has 3 rings (SSSR count). The zero-order valence-electron chi connectivity index (χ0n) is 11.5. The Balaban J connectivity index is 0.000000637. The Morgan fingerprint density at radius 3 is 2.42 bits per heavy atom. The number of benzene rings is 1. The average Bonchev–Trinajstić information content (AvgIpc) is 2.74. The average molecular weight is 249 g/mol. The molecule has 0 spiro atoms. The summed E-state index contributed by atoms with van der Waals surface area (Å²) >= 11 is 0. The van der Waals surface area contributed by atoms with Gasteiger partial charge < -0.3 is 0 Å². The quantitative estimate of drug-likeness (QED) is 0.676. The number of pyridine rings is 1. The lowest BCUT2D eigenvalue weighted by atomic mass is 10.0. The van der Waals surface area contributed by atoms with Crippen molar-refractivity contribution in [3.05, 3.63) is 66.0 Å². The number of nitrogens with zero attached hydrogens (tertiary/aromatic N) is 1. The summed E-state index contributed by atoms with van der Waals surface area (Å²) in [4.78, 5) is 4.16. The van der Waals surface area contributed by atoms with Gasteiger partial charge >= 0.3 is 0 Å². The van der Waals surface area contributed by atoms with Crippen LogP contribution in [0.25, 0.3) is 23.3 Å². The fraction of sp³-hybridized carbons (Fsp3) is 0.167. The Bertz CT molecular complexity index is 580. The fourth-order valence-electron chi connectivity index (χ4n) is 2.05. The van der Waals surface area contributed by atoms with Crippen molar-refractivity contribution in [3.8, 4) is 11.1 Å². The van der Waals surface area contributed by atoms with Gasteiger partial charge in [0.2, 0.25) is 0 Å². The summed E-state index contributed by atoms with van der Waals surface area (Å²) in [5, 5.41) is 0. The van der Waals surface area contributed by atoms with Crippen LogP contribution < -0.4 is 0 Å². The van der Waals surface area contributed by atoms with Crippen LogP contribution in [0.5, 0.6) is 0 Å². The van der Waals surface area contributed by atoms with E-state index in [-0.39, 0.29) is 0 Å². The molecule has 0 atom stereocenters. The van der Waals surface area contributed by atoms with Gasteiger partial charge in [-0.3, -0.25) is 4.98 Å². The molecule has 1 aromatic heterocycles. The molecule has 19 heavy (non-hydrogen) atoms. The lowest BCUT2D eigenvalue weighted by Crippen LogP contribution is -1.84. The molecule has 1 heterocycles. The van der Waals surface area contributed by atoms with E-state index >= 15 is 0 Å². The normalized spacial score (nSPS) is 12.1. The van der Waals surface area contributed by atoms with Crippen molar-refractivity contribution in [1.29, 1.82) is 0 Å². The second kappa shape index (κ2) is 6.69. The maximum atomic E-state index is 4.16. The highest BCUT2D eigenvalue weighted by Gasteiger charge is 2.02. The van der Waals surface area contributed by atoms with Gasteiger partial charge in [-0.2, -0.15) is 0 Å². The molecule has 2 aromatic rings. The minimum absolute atomic E-state index is 1.01. The van der Waals surface area contributed by atoms with Crippen LogP contribution in [0.3, 0.4) is 0 Å². The van der Waals surface area contributed by atoms with Gasteiger partial charge in [0, 0.05) is 18.0 Å². The Hall–Kier alpha value is -2.15. The molecule has 96 valence electrons. The van der Waals surface area contributed by atoms with E-state index < -0.39 is 0 Å². The number of fused-ring (bicyclic) bond motifs is 1. The largest absolute Gasteiger partial charge is 0.264 e. The van der Waals surface area contributed by atoms with Crippen LogP contribution in [0.4, 0.5) is 0 Å². The molecule has 1 aliphatic rings. The fourth-order valence-corrected chi connectivity index (χ4v) is 2.05. The van der Waals surface area contributed by atoms with Gasteiger partial charge in [0.05, 0.1) is 0 Å². The second-order valence-corrected chi connectivity index (χ2v) is 4.13. The highest BCUT2D eigenvalue weighted by Crippen LogP contribution is 2.25. The first kappa shape index (κ1) is 13.3. The van der Waals surface area contributed by atoms with E-state index in [1.54, 1.807) is 6.20 Å². The molecule has 1 nitrogen and oxygen atoms in total. The Kier molecular flexibility index (Phi) is 4.68. The molecule has 0 saturated carbocycles. The molecule has 0 fully saturated rings. The molecule has 1 aliphatic carbocycles. The van der Waals surface area contributed by atoms with E-state index in [0.29, 0.717) is 0 Å². The summed E-state index contributed by atoms with van der Waals surface area (Å²) in [7, 11) is 0. The summed E-state index contributed by atoms with van der Waals surface area (Å²) < 4.78 is 0. The van der Waals surface area contributed by atoms with E-state index in [1.807, 2.05) is 26.1 Å². The minimum Gasteiger partial charge on any atom is -0.264 e. The van der Waals surface area contributed by atoms with E-state index in [1.165, 1.54) is 16.7 Å². The molecular formula is C18H19N. The van der Waals surface area contributed by atoms with Crippen molar-refractivity contribution < 1.29 is 0 Å². The molecule has 0 radical (unpaired) electrons. The van der Waals surface area contributed by atoms with Crippen LogP contribution in [0.1, 0.15) is 31.4 Å². The maximum absolute atomic E-state index is 4.16. The second-order valence-electron chi connectivity index (χ2n) is 4.13. The molecular weight excluding hydrogens is 230 g/mol. The number of allylic oxidation sites excluding steroid dienone is 2. The van der Waals surface area contributed by atoms with Crippen molar-refractivity contribution in [2.75, 3.05) is 0 Å². The third-order valence-corrected chi connectivity index (χ3v) is 2.95. The zero-order valence-corrected chi connectivity index (χ0v) is 11.5. The molecule has 0 bridgehead atoms. The van der Waals surface area contributed by atoms with Crippen LogP contribution in [-0.4, -0.2) is 4.98 Å². The molecule has 0 amide bonds. The molecule has 0 N–H and O–H groups in total. The van der Waals surface area contributed by atoms with Gasteiger partial charge in [-0.05, 0) is 35.2 Å². The van der Waals surface area contributed by atoms with Crippen molar-refractivity contribution in [2.45, 2.75) is 20.3 Å². The molecule has 1 heteroatoms. The lowest BCUT2D eigenvalue weighted by molar-refractivity contribution is 1.33. The highest BCUT2D eigenvalue weighted by molar-refractivity contribution is 5.74. The Labute approximate surface area is 115 Å². The van der Waals surface area contributed by atoms with Gasteiger partial charge in [-0.15, -0.1) is 0 Å². The van der Waals surface area contributed by atoms with Gasteiger partial charge in [-0.25, -0.2) is 0 Å². The van der Waals surface area contributed by atoms with E-state index in [9.17, 15) is 0 Å². The highest BCUT2D eigenvalue weighted by atomic mass is 14.6. The number of rotatable bonds is 1. The molecule has 0 unspecified atom stereocenters. The van der Waals surface area contributed by atoms with E-state index in [0.717, 1.165) is 12.0 Å². The van der Waals surface area contributed by atoms with Crippen LogP contribution in [0, 0.1) is 0 Å². The number of aromatic nitrogens is 1. The topological polar surface area (TPSA) is 12.9 Å². The van der Waals surface area contributed by atoms with Gasteiger partial charge in [0.25, 0.3) is 0 Å². The predicted octanol–water partition coefficient (Wildman–Crippen LogP) is 5.20. The SMILES string of the molecule is C1=Cc2ccc(-c3cccnc3)cc2C=CC1.CC. The van der Waals surface area contributed by atoms with Gasteiger partial charge in [0.15, 0.2) is 0 Å². The summed E-state index contributed by atoms with van der Waals surface area (Å²) in [5.41, 5.74) is 4.94. The molecule has 0 aliphatic heterocycles. The van der Waals surface area contributed by atoms with Crippen molar-refractivity contribution in [3.63, 3.8) is 0 Å². The summed E-state index contributed by atoms with van der Waals surface area (Å²) in [6, 6.07) is 10.6.